The van der Waals surface area contributed by atoms with E-state index in [4.69, 9.17) is 11.6 Å². The highest BCUT2D eigenvalue weighted by atomic mass is 79.9. The zero-order valence-electron chi connectivity index (χ0n) is 11.2. The first-order valence-electron chi connectivity index (χ1n) is 6.33. The van der Waals surface area contributed by atoms with Gasteiger partial charge in [0, 0.05) is 4.47 Å². The van der Waals surface area contributed by atoms with Gasteiger partial charge in [0.15, 0.2) is 0 Å². The van der Waals surface area contributed by atoms with Crippen LogP contribution in [0.2, 0.25) is 0 Å². The first kappa shape index (κ1) is 16.4. The van der Waals surface area contributed by atoms with Gasteiger partial charge in [-0.2, -0.15) is 13.2 Å². The lowest BCUT2D eigenvalue weighted by Crippen LogP contribution is -2.07. The van der Waals surface area contributed by atoms with Gasteiger partial charge in [-0.05, 0) is 42.7 Å². The normalized spacial score (nSPS) is 13.2. The first-order valence-corrected chi connectivity index (χ1v) is 7.56. The van der Waals surface area contributed by atoms with E-state index < -0.39 is 17.1 Å². The summed E-state index contributed by atoms with van der Waals surface area (Å²) >= 11 is 9.58. The Morgan fingerprint density at radius 2 is 1.71 bits per heavy atom. The predicted octanol–water partition coefficient (Wildman–Crippen LogP) is 6.30. The summed E-state index contributed by atoms with van der Waals surface area (Å²) in [7, 11) is 0. The fourth-order valence-electron chi connectivity index (χ4n) is 2.00. The van der Waals surface area contributed by atoms with E-state index in [0.29, 0.717) is 16.5 Å². The number of hydrogen-bond donors (Lipinski definition) is 0. The van der Waals surface area contributed by atoms with Gasteiger partial charge in [0.1, 0.15) is 0 Å². The van der Waals surface area contributed by atoms with Crippen LogP contribution in [0.15, 0.2) is 46.9 Å². The fourth-order valence-corrected chi connectivity index (χ4v) is 3.01. The molecule has 0 nitrogen and oxygen atoms in total. The molecule has 0 aliphatic carbocycles. The molecule has 0 aliphatic rings. The van der Waals surface area contributed by atoms with Crippen molar-refractivity contribution in [2.75, 3.05) is 0 Å². The van der Waals surface area contributed by atoms with Crippen molar-refractivity contribution in [3.05, 3.63) is 69.2 Å². The summed E-state index contributed by atoms with van der Waals surface area (Å²) in [5.41, 5.74) is 1.89. The molecule has 0 N–H and O–H groups in total. The second-order valence-corrected chi connectivity index (χ2v) is 6.27. The monoisotopic (exact) mass is 376 g/mol. The van der Waals surface area contributed by atoms with E-state index in [2.05, 4.69) is 15.9 Å². The lowest BCUT2D eigenvalue weighted by atomic mass is 10.0. The van der Waals surface area contributed by atoms with Crippen molar-refractivity contribution in [1.82, 2.24) is 0 Å². The molecule has 0 aliphatic heterocycles. The predicted molar refractivity (Wildman–Crippen MR) is 82.6 cm³/mol. The van der Waals surface area contributed by atoms with Crippen LogP contribution >= 0.6 is 27.5 Å². The topological polar surface area (TPSA) is 0 Å². The van der Waals surface area contributed by atoms with Crippen LogP contribution in [0.25, 0.3) is 0 Å². The van der Waals surface area contributed by atoms with Gasteiger partial charge in [-0.15, -0.1) is 11.6 Å². The van der Waals surface area contributed by atoms with E-state index in [9.17, 15) is 13.2 Å². The van der Waals surface area contributed by atoms with E-state index in [1.807, 2.05) is 31.2 Å². The number of alkyl halides is 4. The van der Waals surface area contributed by atoms with Crippen LogP contribution < -0.4 is 0 Å². The van der Waals surface area contributed by atoms with Crippen LogP contribution in [-0.2, 0) is 12.6 Å². The van der Waals surface area contributed by atoms with E-state index in [0.717, 1.165) is 23.3 Å². The van der Waals surface area contributed by atoms with Crippen molar-refractivity contribution in [3.63, 3.8) is 0 Å². The van der Waals surface area contributed by atoms with Crippen LogP contribution in [-0.4, -0.2) is 0 Å². The van der Waals surface area contributed by atoms with Crippen molar-refractivity contribution in [2.45, 2.75) is 24.9 Å². The average molecular weight is 378 g/mol. The van der Waals surface area contributed by atoms with E-state index in [1.54, 1.807) is 0 Å². The molecule has 1 atom stereocenters. The summed E-state index contributed by atoms with van der Waals surface area (Å²) in [5.74, 6) is 0. The Labute approximate surface area is 135 Å². The van der Waals surface area contributed by atoms with Gasteiger partial charge in [0.25, 0.3) is 0 Å². The highest BCUT2D eigenvalue weighted by Crippen LogP contribution is 2.36. The molecule has 112 valence electrons. The summed E-state index contributed by atoms with van der Waals surface area (Å²) in [6, 6.07) is 11.3. The highest BCUT2D eigenvalue weighted by Gasteiger charge is 2.31. The van der Waals surface area contributed by atoms with Crippen LogP contribution in [0, 0.1) is 6.92 Å². The van der Waals surface area contributed by atoms with Gasteiger partial charge in [-0.1, -0.05) is 45.8 Å². The minimum Gasteiger partial charge on any atom is -0.166 e. The van der Waals surface area contributed by atoms with Crippen molar-refractivity contribution in [1.29, 1.82) is 0 Å². The molecule has 0 heterocycles. The minimum absolute atomic E-state index is 0.451. The maximum Gasteiger partial charge on any atom is 0.416 e. The highest BCUT2D eigenvalue weighted by molar-refractivity contribution is 9.10. The lowest BCUT2D eigenvalue weighted by molar-refractivity contribution is -0.137. The van der Waals surface area contributed by atoms with Crippen molar-refractivity contribution >= 4 is 27.5 Å². The molecule has 1 unspecified atom stereocenters. The number of halogens is 5. The molecular formula is C16H13BrClF3. The van der Waals surface area contributed by atoms with Crippen LogP contribution in [0.5, 0.6) is 0 Å². The fraction of sp³-hybridized carbons (Fsp3) is 0.250. The number of hydrogen-bond acceptors (Lipinski definition) is 0. The van der Waals surface area contributed by atoms with E-state index >= 15 is 0 Å². The molecule has 0 aromatic heterocycles. The Kier molecular flexibility index (Phi) is 4.99. The zero-order valence-corrected chi connectivity index (χ0v) is 13.6. The lowest BCUT2D eigenvalue weighted by Gasteiger charge is -2.15. The van der Waals surface area contributed by atoms with Gasteiger partial charge in [-0.3, -0.25) is 0 Å². The Hall–Kier alpha value is -1.00. The Morgan fingerprint density at radius 3 is 2.29 bits per heavy atom. The molecule has 0 radical (unpaired) electrons. The third-order valence-electron chi connectivity index (χ3n) is 3.20. The molecule has 5 heteroatoms. The zero-order chi connectivity index (χ0) is 15.6. The molecule has 0 saturated carbocycles. The number of benzene rings is 2. The standard InChI is InChI=1S/C16H13BrClF3/c1-10-2-4-11(5-3-10)8-15(18)13-9-12(16(19,20)21)6-7-14(13)17/h2-7,9,15H,8H2,1H3. The second-order valence-electron chi connectivity index (χ2n) is 4.89. The first-order chi connectivity index (χ1) is 9.77. The second kappa shape index (κ2) is 6.41. The van der Waals surface area contributed by atoms with E-state index in [-0.39, 0.29) is 0 Å². The average Bonchev–Trinajstić information content (AvgIpc) is 2.40. The molecule has 0 bridgehead atoms. The van der Waals surface area contributed by atoms with Crippen molar-refractivity contribution in [2.24, 2.45) is 0 Å². The maximum absolute atomic E-state index is 12.8. The molecule has 0 fully saturated rings. The van der Waals surface area contributed by atoms with Gasteiger partial charge >= 0.3 is 6.18 Å². The molecule has 2 aromatic carbocycles. The summed E-state index contributed by atoms with van der Waals surface area (Å²) in [6.07, 6.45) is -3.89. The Morgan fingerprint density at radius 1 is 1.10 bits per heavy atom. The molecular weight excluding hydrogens is 365 g/mol. The van der Waals surface area contributed by atoms with Gasteiger partial charge < -0.3 is 0 Å². The van der Waals surface area contributed by atoms with Gasteiger partial charge in [0.2, 0.25) is 0 Å². The summed E-state index contributed by atoms with van der Waals surface area (Å²) in [6.45, 7) is 1.98. The van der Waals surface area contributed by atoms with Gasteiger partial charge in [-0.25, -0.2) is 0 Å². The third kappa shape index (κ3) is 4.24. The summed E-state index contributed by atoms with van der Waals surface area (Å²) < 4.78 is 38.9. The minimum atomic E-state index is -4.37. The molecule has 0 saturated heterocycles. The summed E-state index contributed by atoms with van der Waals surface area (Å²) in [5, 5.41) is -0.524. The van der Waals surface area contributed by atoms with E-state index in [1.165, 1.54) is 6.07 Å². The van der Waals surface area contributed by atoms with Crippen molar-refractivity contribution < 1.29 is 13.2 Å². The number of aryl methyl sites for hydroxylation is 1. The Balaban J connectivity index is 2.26. The van der Waals surface area contributed by atoms with Crippen LogP contribution in [0.4, 0.5) is 13.2 Å². The smallest absolute Gasteiger partial charge is 0.166 e. The third-order valence-corrected chi connectivity index (χ3v) is 4.31. The molecule has 0 spiro atoms. The van der Waals surface area contributed by atoms with Crippen LogP contribution in [0.1, 0.15) is 27.6 Å². The van der Waals surface area contributed by atoms with Gasteiger partial charge in [0.05, 0.1) is 10.9 Å². The molecule has 2 rings (SSSR count). The summed E-state index contributed by atoms with van der Waals surface area (Å²) in [4.78, 5) is 0. The Bertz CT molecular complexity index is 620. The van der Waals surface area contributed by atoms with Crippen LogP contribution in [0.3, 0.4) is 0 Å². The molecule has 21 heavy (non-hydrogen) atoms. The molecule has 2 aromatic rings. The SMILES string of the molecule is Cc1ccc(CC(Cl)c2cc(C(F)(F)F)ccc2Br)cc1. The quantitative estimate of drug-likeness (QED) is 0.551. The largest absolute Gasteiger partial charge is 0.416 e. The number of rotatable bonds is 3. The molecule has 0 amide bonds. The van der Waals surface area contributed by atoms with Crippen molar-refractivity contribution in [3.8, 4) is 0 Å². The maximum atomic E-state index is 12.8.